The zero-order valence-electron chi connectivity index (χ0n) is 23.9. The van der Waals surface area contributed by atoms with Gasteiger partial charge in [-0.05, 0) is 69.5 Å². The molecular formula is C30H35N5O6S. The van der Waals surface area contributed by atoms with Gasteiger partial charge in [0.25, 0.3) is 0 Å². The van der Waals surface area contributed by atoms with Crippen molar-refractivity contribution >= 4 is 51.8 Å². The number of amides is 4. The number of anilines is 3. The van der Waals surface area contributed by atoms with Crippen molar-refractivity contribution in [1.29, 1.82) is 0 Å². The van der Waals surface area contributed by atoms with E-state index in [2.05, 4.69) is 20.9 Å². The van der Waals surface area contributed by atoms with Crippen molar-refractivity contribution in [3.05, 3.63) is 70.2 Å². The monoisotopic (exact) mass is 593 g/mol. The third kappa shape index (κ3) is 7.84. The maximum Gasteiger partial charge on any atom is 0.338 e. The molecular weight excluding hydrogens is 558 g/mol. The minimum atomic E-state index is -0.476. The van der Waals surface area contributed by atoms with Crippen LogP contribution in [0.1, 0.15) is 64.9 Å². The van der Waals surface area contributed by atoms with Crippen molar-refractivity contribution in [3.63, 3.8) is 0 Å². The van der Waals surface area contributed by atoms with E-state index in [0.717, 1.165) is 23.4 Å². The van der Waals surface area contributed by atoms with Gasteiger partial charge in [-0.1, -0.05) is 19.1 Å². The number of hydrogen-bond donors (Lipinski definition) is 3. The normalized spacial score (nSPS) is 13.8. The highest BCUT2D eigenvalue weighted by Crippen LogP contribution is 2.32. The predicted molar refractivity (Wildman–Crippen MR) is 161 cm³/mol. The summed E-state index contributed by atoms with van der Waals surface area (Å²) in [5.74, 6) is -0.896. The number of urea groups is 2. The van der Waals surface area contributed by atoms with E-state index in [9.17, 15) is 19.2 Å². The van der Waals surface area contributed by atoms with E-state index in [1.165, 1.54) is 11.3 Å². The molecule has 0 bridgehead atoms. The zero-order chi connectivity index (χ0) is 30.1. The summed E-state index contributed by atoms with van der Waals surface area (Å²) in [6.45, 7) is 6.60. The van der Waals surface area contributed by atoms with Gasteiger partial charge in [0.15, 0.2) is 5.13 Å². The first-order valence-electron chi connectivity index (χ1n) is 14.0. The molecule has 3 aromatic rings. The zero-order valence-corrected chi connectivity index (χ0v) is 24.7. The fourth-order valence-electron chi connectivity index (χ4n) is 4.70. The van der Waals surface area contributed by atoms with Crippen molar-refractivity contribution in [2.24, 2.45) is 0 Å². The molecule has 1 unspecified atom stereocenters. The van der Waals surface area contributed by atoms with Gasteiger partial charge in [0.1, 0.15) is 0 Å². The summed E-state index contributed by atoms with van der Waals surface area (Å²) in [6, 6.07) is 12.5. The number of nitrogens with zero attached hydrogens (tertiary/aromatic N) is 2. The summed E-state index contributed by atoms with van der Waals surface area (Å²) in [5, 5.41) is 8.90. The number of aryl methyl sites for hydroxylation is 1. The van der Waals surface area contributed by atoms with Gasteiger partial charge in [0.05, 0.1) is 30.0 Å². The number of thiazole rings is 1. The summed E-state index contributed by atoms with van der Waals surface area (Å²) in [5.41, 5.74) is 2.60. The second-order valence-corrected chi connectivity index (χ2v) is 10.7. The molecule has 42 heavy (non-hydrogen) atoms. The minimum Gasteiger partial charge on any atom is -0.462 e. The molecule has 0 saturated carbocycles. The lowest BCUT2D eigenvalue weighted by molar-refractivity contribution is 0.0517. The molecule has 1 atom stereocenters. The van der Waals surface area contributed by atoms with Crippen LogP contribution in [-0.2, 0) is 22.3 Å². The maximum absolute atomic E-state index is 13.3. The molecule has 4 rings (SSSR count). The second kappa shape index (κ2) is 14.4. The third-order valence-electron chi connectivity index (χ3n) is 6.56. The molecule has 1 heterocycles. The lowest BCUT2D eigenvalue weighted by Gasteiger charge is -2.33. The van der Waals surface area contributed by atoms with Gasteiger partial charge in [0.2, 0.25) is 0 Å². The molecule has 1 aliphatic rings. The molecule has 1 aromatic heterocycles. The fraction of sp³-hybridized carbons (Fsp3) is 0.367. The Morgan fingerprint density at radius 1 is 0.905 bits per heavy atom. The average molecular weight is 594 g/mol. The molecule has 1 aliphatic carbocycles. The molecule has 0 radical (unpaired) electrons. The summed E-state index contributed by atoms with van der Waals surface area (Å²) in [7, 11) is 0. The summed E-state index contributed by atoms with van der Waals surface area (Å²) in [4.78, 5) is 57.6. The fourth-order valence-corrected chi connectivity index (χ4v) is 5.77. The lowest BCUT2D eigenvalue weighted by atomic mass is 9.96. The Balaban J connectivity index is 1.38. The molecule has 11 nitrogen and oxygen atoms in total. The van der Waals surface area contributed by atoms with Crippen molar-refractivity contribution in [1.82, 2.24) is 9.88 Å². The van der Waals surface area contributed by atoms with E-state index in [-0.39, 0.29) is 25.3 Å². The van der Waals surface area contributed by atoms with Crippen molar-refractivity contribution in [2.45, 2.75) is 52.5 Å². The Hall–Kier alpha value is -4.45. The Morgan fingerprint density at radius 2 is 1.52 bits per heavy atom. The highest BCUT2D eigenvalue weighted by atomic mass is 32.1. The van der Waals surface area contributed by atoms with Crippen LogP contribution in [-0.4, -0.2) is 59.7 Å². The number of benzene rings is 2. The Kier molecular flexibility index (Phi) is 10.5. The second-order valence-electron chi connectivity index (χ2n) is 9.59. The van der Waals surface area contributed by atoms with Crippen LogP contribution in [0.5, 0.6) is 0 Å². The number of fused-ring (bicyclic) bond motifs is 1. The first-order valence-corrected chi connectivity index (χ1v) is 14.8. The molecule has 0 spiro atoms. The number of nitrogens with one attached hydrogen (secondary N) is 3. The van der Waals surface area contributed by atoms with Crippen LogP contribution < -0.4 is 16.0 Å². The van der Waals surface area contributed by atoms with Crippen LogP contribution in [0.2, 0.25) is 0 Å². The van der Waals surface area contributed by atoms with Crippen molar-refractivity contribution in [2.75, 3.05) is 35.7 Å². The van der Waals surface area contributed by atoms with E-state index in [0.29, 0.717) is 47.0 Å². The van der Waals surface area contributed by atoms with E-state index in [1.807, 2.05) is 11.8 Å². The van der Waals surface area contributed by atoms with Gasteiger partial charge >= 0.3 is 24.0 Å². The first kappa shape index (κ1) is 30.5. The number of esters is 2. The summed E-state index contributed by atoms with van der Waals surface area (Å²) < 4.78 is 10.1. The van der Waals surface area contributed by atoms with Gasteiger partial charge in [-0.25, -0.2) is 24.2 Å². The summed E-state index contributed by atoms with van der Waals surface area (Å²) >= 11 is 1.39. The van der Waals surface area contributed by atoms with E-state index in [4.69, 9.17) is 9.47 Å². The number of rotatable bonds is 10. The minimum absolute atomic E-state index is 0.0431. The van der Waals surface area contributed by atoms with Crippen LogP contribution in [0.4, 0.5) is 26.1 Å². The standard InChI is InChI=1S/C30H35N5O6S/c1-4-15-35(30(39)32-22-12-8-10-20(17-22)27(37)41-6-3)23-13-14-24-25(18-23)42-29(33-24)34-28(38)31-21-11-7-9-19(16-21)26(36)40-5-2/h7-12,16-17,23H,4-6,13-15,18H2,1-3H3,(H,32,39)(H2,31,33,34,38). The van der Waals surface area contributed by atoms with Gasteiger partial charge < -0.3 is 25.0 Å². The lowest BCUT2D eigenvalue weighted by Crippen LogP contribution is -2.45. The van der Waals surface area contributed by atoms with E-state index in [1.54, 1.807) is 62.4 Å². The quantitative estimate of drug-likeness (QED) is 0.247. The van der Waals surface area contributed by atoms with Gasteiger partial charge in [-0.3, -0.25) is 5.32 Å². The number of carbonyl (C=O) groups excluding carboxylic acids is 4. The Morgan fingerprint density at radius 3 is 2.12 bits per heavy atom. The topological polar surface area (TPSA) is 139 Å². The van der Waals surface area contributed by atoms with E-state index < -0.39 is 18.0 Å². The predicted octanol–water partition coefficient (Wildman–Crippen LogP) is 5.94. The molecule has 222 valence electrons. The number of aromatic nitrogens is 1. The maximum atomic E-state index is 13.3. The van der Waals surface area contributed by atoms with Crippen molar-refractivity contribution < 1.29 is 28.7 Å². The largest absolute Gasteiger partial charge is 0.462 e. The molecule has 0 fully saturated rings. The van der Waals surface area contributed by atoms with Gasteiger partial charge in [-0.15, -0.1) is 11.3 Å². The molecule has 3 N–H and O–H groups in total. The SMILES string of the molecule is CCCN(C(=O)Nc1cccc(C(=O)OCC)c1)C1CCc2nc(NC(=O)Nc3cccc(C(=O)OCC)c3)sc2C1. The average Bonchev–Trinajstić information content (AvgIpc) is 3.37. The molecule has 4 amide bonds. The van der Waals surface area contributed by atoms with Crippen molar-refractivity contribution in [3.8, 4) is 0 Å². The van der Waals surface area contributed by atoms with Gasteiger partial charge in [0, 0.05) is 35.3 Å². The number of ether oxygens (including phenoxy) is 2. The summed E-state index contributed by atoms with van der Waals surface area (Å²) in [6.07, 6.45) is 2.81. The van der Waals surface area contributed by atoms with Crippen LogP contribution >= 0.6 is 11.3 Å². The van der Waals surface area contributed by atoms with E-state index >= 15 is 0 Å². The highest BCUT2D eigenvalue weighted by Gasteiger charge is 2.30. The van der Waals surface area contributed by atoms with Gasteiger partial charge in [-0.2, -0.15) is 0 Å². The highest BCUT2D eigenvalue weighted by molar-refractivity contribution is 7.15. The molecule has 0 saturated heterocycles. The molecule has 12 heteroatoms. The van der Waals surface area contributed by atoms with Crippen LogP contribution in [0, 0.1) is 0 Å². The third-order valence-corrected chi connectivity index (χ3v) is 7.59. The van der Waals surface area contributed by atoms with Crippen LogP contribution in [0.25, 0.3) is 0 Å². The van der Waals surface area contributed by atoms with Crippen LogP contribution in [0.15, 0.2) is 48.5 Å². The first-order chi connectivity index (χ1) is 20.3. The molecule has 2 aromatic carbocycles. The Bertz CT molecular complexity index is 1440. The Labute approximate surface area is 248 Å². The van der Waals surface area contributed by atoms with Crippen LogP contribution in [0.3, 0.4) is 0 Å². The number of hydrogen-bond acceptors (Lipinski definition) is 8. The smallest absolute Gasteiger partial charge is 0.338 e. The molecule has 0 aliphatic heterocycles. The number of carbonyl (C=O) groups is 4.